The topological polar surface area (TPSA) is 25.2 Å². The molecule has 1 N–H and O–H groups in total. The molecule has 1 aromatic heterocycles. The fraction of sp³-hybridized carbons (Fsp3) is 0.286. The number of hydrogen-bond acceptors (Lipinski definition) is 2. The first kappa shape index (κ1) is 13.5. The maximum absolute atomic E-state index is 6.18. The smallest absolute Gasteiger partial charge is 0.123 e. The third kappa shape index (κ3) is 2.89. The van der Waals surface area contributed by atoms with Crippen LogP contribution in [0.15, 0.2) is 34.9 Å². The van der Waals surface area contributed by atoms with Crippen LogP contribution in [0.1, 0.15) is 22.9 Å². The van der Waals surface area contributed by atoms with Gasteiger partial charge in [-0.15, -0.1) is 0 Å². The fourth-order valence-electron chi connectivity index (χ4n) is 1.99. The summed E-state index contributed by atoms with van der Waals surface area (Å²) >= 11 is 12.2. The number of halogens is 2. The standard InChI is InChI=1S/C14H15Cl2NO/c1-9-5-6-18-14(9)13(17-2)8-10-7-11(15)3-4-12(10)16/h3-7,13,17H,8H2,1-2H3. The lowest BCUT2D eigenvalue weighted by Crippen LogP contribution is -2.19. The summed E-state index contributed by atoms with van der Waals surface area (Å²) in [5.41, 5.74) is 2.15. The van der Waals surface area contributed by atoms with E-state index in [1.807, 2.05) is 32.2 Å². The highest BCUT2D eigenvalue weighted by Crippen LogP contribution is 2.27. The monoisotopic (exact) mass is 283 g/mol. The summed E-state index contributed by atoms with van der Waals surface area (Å²) in [4.78, 5) is 0. The molecule has 2 aromatic rings. The molecule has 18 heavy (non-hydrogen) atoms. The quantitative estimate of drug-likeness (QED) is 0.900. The van der Waals surface area contributed by atoms with E-state index in [4.69, 9.17) is 27.6 Å². The van der Waals surface area contributed by atoms with Crippen molar-refractivity contribution in [1.29, 1.82) is 0 Å². The molecular weight excluding hydrogens is 269 g/mol. The SMILES string of the molecule is CNC(Cc1cc(Cl)ccc1Cl)c1occc1C. The number of hydrogen-bond donors (Lipinski definition) is 1. The van der Waals surface area contributed by atoms with Gasteiger partial charge in [0, 0.05) is 10.0 Å². The molecule has 0 saturated heterocycles. The molecule has 2 nitrogen and oxygen atoms in total. The molecule has 0 radical (unpaired) electrons. The van der Waals surface area contributed by atoms with Gasteiger partial charge >= 0.3 is 0 Å². The van der Waals surface area contributed by atoms with Gasteiger partial charge < -0.3 is 9.73 Å². The molecule has 0 saturated carbocycles. The summed E-state index contributed by atoms with van der Waals surface area (Å²) in [6.07, 6.45) is 2.44. The minimum absolute atomic E-state index is 0.0935. The van der Waals surface area contributed by atoms with Crippen LogP contribution in [0.2, 0.25) is 10.0 Å². The minimum atomic E-state index is 0.0935. The Bertz CT molecular complexity index is 536. The number of likely N-dealkylation sites (N-methyl/N-ethyl adjacent to an activating group) is 1. The molecule has 1 heterocycles. The van der Waals surface area contributed by atoms with E-state index in [1.165, 1.54) is 0 Å². The van der Waals surface area contributed by atoms with E-state index in [-0.39, 0.29) is 6.04 Å². The molecule has 0 aliphatic carbocycles. The van der Waals surface area contributed by atoms with Crippen molar-refractivity contribution in [3.05, 3.63) is 57.5 Å². The maximum atomic E-state index is 6.18. The van der Waals surface area contributed by atoms with Crippen molar-refractivity contribution in [2.24, 2.45) is 0 Å². The van der Waals surface area contributed by atoms with Crippen LogP contribution in [0.5, 0.6) is 0 Å². The van der Waals surface area contributed by atoms with Gasteiger partial charge in [-0.05, 0) is 55.8 Å². The van der Waals surface area contributed by atoms with Crippen LogP contribution < -0.4 is 5.32 Å². The molecule has 0 aliphatic heterocycles. The van der Waals surface area contributed by atoms with Crippen molar-refractivity contribution in [2.45, 2.75) is 19.4 Å². The first-order chi connectivity index (χ1) is 8.61. The van der Waals surface area contributed by atoms with Crippen molar-refractivity contribution in [3.8, 4) is 0 Å². The number of furan rings is 1. The third-order valence-corrected chi connectivity index (χ3v) is 3.60. The van der Waals surface area contributed by atoms with Crippen molar-refractivity contribution in [2.75, 3.05) is 7.05 Å². The van der Waals surface area contributed by atoms with E-state index in [9.17, 15) is 0 Å². The average molecular weight is 284 g/mol. The third-order valence-electron chi connectivity index (χ3n) is 3.00. The Hall–Kier alpha value is -0.960. The predicted octanol–water partition coefficient (Wildman–Crippen LogP) is 4.40. The van der Waals surface area contributed by atoms with Gasteiger partial charge in [0.15, 0.2) is 0 Å². The van der Waals surface area contributed by atoms with Gasteiger partial charge in [0.2, 0.25) is 0 Å². The lowest BCUT2D eigenvalue weighted by molar-refractivity contribution is 0.426. The molecule has 1 aromatic carbocycles. The average Bonchev–Trinajstić information content (AvgIpc) is 2.77. The largest absolute Gasteiger partial charge is 0.467 e. The molecule has 0 bridgehead atoms. The normalized spacial score (nSPS) is 12.7. The Kier molecular flexibility index (Phi) is 4.33. The maximum Gasteiger partial charge on any atom is 0.123 e. The Morgan fingerprint density at radius 3 is 2.67 bits per heavy atom. The van der Waals surface area contributed by atoms with Gasteiger partial charge in [0.05, 0.1) is 12.3 Å². The molecule has 1 unspecified atom stereocenters. The summed E-state index contributed by atoms with van der Waals surface area (Å²) < 4.78 is 5.52. The number of aryl methyl sites for hydroxylation is 1. The lowest BCUT2D eigenvalue weighted by Gasteiger charge is -2.16. The van der Waals surface area contributed by atoms with Crippen LogP contribution in [-0.4, -0.2) is 7.05 Å². The van der Waals surface area contributed by atoms with Gasteiger partial charge in [0.1, 0.15) is 5.76 Å². The summed E-state index contributed by atoms with van der Waals surface area (Å²) in [7, 11) is 1.91. The summed E-state index contributed by atoms with van der Waals surface area (Å²) in [5.74, 6) is 0.938. The lowest BCUT2D eigenvalue weighted by atomic mass is 10.0. The van der Waals surface area contributed by atoms with Gasteiger partial charge in [-0.3, -0.25) is 0 Å². The Morgan fingerprint density at radius 2 is 2.06 bits per heavy atom. The molecule has 4 heteroatoms. The Balaban J connectivity index is 2.26. The van der Waals surface area contributed by atoms with Crippen LogP contribution in [0, 0.1) is 6.92 Å². The second-order valence-electron chi connectivity index (χ2n) is 4.25. The van der Waals surface area contributed by atoms with E-state index in [0.29, 0.717) is 5.02 Å². The molecule has 0 fully saturated rings. The van der Waals surface area contributed by atoms with Crippen LogP contribution >= 0.6 is 23.2 Å². The van der Waals surface area contributed by atoms with Crippen LogP contribution in [0.3, 0.4) is 0 Å². The van der Waals surface area contributed by atoms with Crippen LogP contribution in [0.25, 0.3) is 0 Å². The van der Waals surface area contributed by atoms with Gasteiger partial charge in [0.25, 0.3) is 0 Å². The first-order valence-electron chi connectivity index (χ1n) is 5.77. The second-order valence-corrected chi connectivity index (χ2v) is 5.09. The van der Waals surface area contributed by atoms with Gasteiger partial charge in [-0.2, -0.15) is 0 Å². The zero-order valence-corrected chi connectivity index (χ0v) is 11.8. The van der Waals surface area contributed by atoms with Crippen molar-refractivity contribution < 1.29 is 4.42 Å². The van der Waals surface area contributed by atoms with Crippen molar-refractivity contribution >= 4 is 23.2 Å². The molecule has 1 atom stereocenters. The first-order valence-corrected chi connectivity index (χ1v) is 6.52. The molecule has 96 valence electrons. The molecular formula is C14H15Cl2NO. The number of nitrogens with one attached hydrogen (secondary N) is 1. The highest BCUT2D eigenvalue weighted by atomic mass is 35.5. The summed E-state index contributed by atoms with van der Waals surface area (Å²) in [6, 6.07) is 7.56. The minimum Gasteiger partial charge on any atom is -0.467 e. The van der Waals surface area contributed by atoms with E-state index in [0.717, 1.165) is 28.3 Å². The number of rotatable bonds is 4. The van der Waals surface area contributed by atoms with E-state index >= 15 is 0 Å². The van der Waals surface area contributed by atoms with E-state index in [2.05, 4.69) is 5.32 Å². The molecule has 0 aliphatic rings. The van der Waals surface area contributed by atoms with Crippen LogP contribution in [-0.2, 0) is 6.42 Å². The van der Waals surface area contributed by atoms with Crippen molar-refractivity contribution in [1.82, 2.24) is 5.32 Å². The van der Waals surface area contributed by atoms with Gasteiger partial charge in [-0.1, -0.05) is 23.2 Å². The highest BCUT2D eigenvalue weighted by molar-refractivity contribution is 6.33. The predicted molar refractivity (Wildman–Crippen MR) is 75.4 cm³/mol. The number of benzene rings is 1. The summed E-state index contributed by atoms with van der Waals surface area (Å²) in [6.45, 7) is 2.03. The van der Waals surface area contributed by atoms with Crippen LogP contribution in [0.4, 0.5) is 0 Å². The zero-order chi connectivity index (χ0) is 13.1. The van der Waals surface area contributed by atoms with E-state index < -0.39 is 0 Å². The summed E-state index contributed by atoms with van der Waals surface area (Å²) in [5, 5.41) is 4.67. The second kappa shape index (κ2) is 5.79. The zero-order valence-electron chi connectivity index (χ0n) is 10.3. The van der Waals surface area contributed by atoms with Gasteiger partial charge in [-0.25, -0.2) is 0 Å². The molecule has 2 rings (SSSR count). The fourth-order valence-corrected chi connectivity index (χ4v) is 2.38. The molecule has 0 amide bonds. The highest BCUT2D eigenvalue weighted by Gasteiger charge is 2.17. The van der Waals surface area contributed by atoms with Crippen molar-refractivity contribution in [3.63, 3.8) is 0 Å². The molecule has 0 spiro atoms. The Labute approximate surface area is 117 Å². The van der Waals surface area contributed by atoms with E-state index in [1.54, 1.807) is 12.3 Å². The Morgan fingerprint density at radius 1 is 1.28 bits per heavy atom.